The molecule has 6 nitrogen and oxygen atoms in total. The SMILES string of the molecule is C[C@H](C(=O)NC1CC(C2CC2)NN1)c1ccc(C2=CCN(C(=O)/C=C/CBr)CC2)cc1. The third-order valence-corrected chi connectivity index (χ3v) is 6.86. The van der Waals surface area contributed by atoms with Crippen molar-refractivity contribution in [2.45, 2.75) is 50.7 Å². The van der Waals surface area contributed by atoms with Crippen molar-refractivity contribution >= 4 is 33.3 Å². The molecule has 3 N–H and O–H groups in total. The second-order valence-corrected chi connectivity index (χ2v) is 9.34. The molecule has 1 aliphatic carbocycles. The second-order valence-electron chi connectivity index (χ2n) is 8.69. The van der Waals surface area contributed by atoms with Gasteiger partial charge in [0.05, 0.1) is 12.1 Å². The van der Waals surface area contributed by atoms with Gasteiger partial charge in [-0.2, -0.15) is 0 Å². The number of alkyl halides is 1. The minimum Gasteiger partial charge on any atom is -0.339 e. The Labute approximate surface area is 192 Å². The van der Waals surface area contributed by atoms with E-state index in [4.69, 9.17) is 0 Å². The van der Waals surface area contributed by atoms with Gasteiger partial charge in [0, 0.05) is 24.5 Å². The lowest BCUT2D eigenvalue weighted by molar-refractivity contribution is -0.125. The Kier molecular flexibility index (Phi) is 7.25. The summed E-state index contributed by atoms with van der Waals surface area (Å²) >= 11 is 3.30. The zero-order valence-electron chi connectivity index (χ0n) is 17.9. The Bertz CT molecular complexity index is 863. The van der Waals surface area contributed by atoms with Crippen LogP contribution in [0.3, 0.4) is 0 Å². The minimum atomic E-state index is -0.203. The van der Waals surface area contributed by atoms with E-state index in [9.17, 15) is 9.59 Å². The van der Waals surface area contributed by atoms with Gasteiger partial charge in [-0.05, 0) is 61.3 Å². The lowest BCUT2D eigenvalue weighted by Crippen LogP contribution is -2.45. The highest BCUT2D eigenvalue weighted by molar-refractivity contribution is 9.09. The third-order valence-electron chi connectivity index (χ3n) is 6.49. The summed E-state index contributed by atoms with van der Waals surface area (Å²) in [6.45, 7) is 3.31. The number of allylic oxidation sites excluding steroid dienone is 1. The summed E-state index contributed by atoms with van der Waals surface area (Å²) in [5.74, 6) is 0.668. The van der Waals surface area contributed by atoms with Crippen LogP contribution >= 0.6 is 15.9 Å². The zero-order valence-corrected chi connectivity index (χ0v) is 19.5. The molecule has 0 aromatic heterocycles. The number of rotatable bonds is 7. The topological polar surface area (TPSA) is 73.5 Å². The van der Waals surface area contributed by atoms with Crippen molar-refractivity contribution < 1.29 is 9.59 Å². The van der Waals surface area contributed by atoms with E-state index in [1.807, 2.05) is 30.0 Å². The number of halogens is 1. The van der Waals surface area contributed by atoms with Gasteiger partial charge in [0.1, 0.15) is 0 Å². The number of carbonyl (C=O) groups excluding carboxylic acids is 2. The molecule has 2 fully saturated rings. The summed E-state index contributed by atoms with van der Waals surface area (Å²) in [5, 5.41) is 3.81. The lowest BCUT2D eigenvalue weighted by atomic mass is 9.94. The van der Waals surface area contributed by atoms with Crippen molar-refractivity contribution in [3.8, 4) is 0 Å². The van der Waals surface area contributed by atoms with Crippen molar-refractivity contribution in [2.75, 3.05) is 18.4 Å². The normalized spacial score (nSPS) is 24.8. The third kappa shape index (κ3) is 5.64. The maximum Gasteiger partial charge on any atom is 0.246 e. The van der Waals surface area contributed by atoms with E-state index in [2.05, 4.69) is 50.3 Å². The maximum atomic E-state index is 12.7. The Balaban J connectivity index is 1.30. The molecule has 2 unspecified atom stereocenters. The smallest absolute Gasteiger partial charge is 0.246 e. The van der Waals surface area contributed by atoms with Crippen LogP contribution in [0.4, 0.5) is 0 Å². The highest BCUT2D eigenvalue weighted by atomic mass is 79.9. The highest BCUT2D eigenvalue weighted by Crippen LogP contribution is 2.35. The Hall–Kier alpha value is -1.96. The van der Waals surface area contributed by atoms with E-state index in [-0.39, 0.29) is 23.9 Å². The molecule has 1 saturated carbocycles. The molecule has 0 bridgehead atoms. The predicted molar refractivity (Wildman–Crippen MR) is 126 cm³/mol. The van der Waals surface area contributed by atoms with Crippen molar-refractivity contribution in [3.05, 3.63) is 53.6 Å². The minimum absolute atomic E-state index is 0.00208. The number of benzene rings is 1. The van der Waals surface area contributed by atoms with Crippen LogP contribution in [0, 0.1) is 5.92 Å². The molecule has 0 spiro atoms. The molecule has 1 aromatic carbocycles. The monoisotopic (exact) mass is 486 g/mol. The lowest BCUT2D eigenvalue weighted by Gasteiger charge is -2.26. The molecule has 4 rings (SSSR count). The average molecular weight is 487 g/mol. The van der Waals surface area contributed by atoms with E-state index in [0.717, 1.165) is 36.4 Å². The number of hydrogen-bond donors (Lipinski definition) is 3. The van der Waals surface area contributed by atoms with Gasteiger partial charge in [-0.15, -0.1) is 0 Å². The number of nitrogens with zero attached hydrogens (tertiary/aromatic N) is 1. The summed E-state index contributed by atoms with van der Waals surface area (Å²) in [5.41, 5.74) is 9.96. The molecule has 3 aliphatic rings. The zero-order chi connectivity index (χ0) is 21.8. The van der Waals surface area contributed by atoms with Crippen LogP contribution in [0.2, 0.25) is 0 Å². The molecule has 1 saturated heterocycles. The number of carbonyl (C=O) groups is 2. The van der Waals surface area contributed by atoms with E-state index in [1.54, 1.807) is 6.08 Å². The average Bonchev–Trinajstić information content (AvgIpc) is 3.56. The van der Waals surface area contributed by atoms with E-state index >= 15 is 0 Å². The van der Waals surface area contributed by atoms with Crippen molar-refractivity contribution in [1.82, 2.24) is 21.1 Å². The number of amides is 2. The first-order valence-corrected chi connectivity index (χ1v) is 12.3. The van der Waals surface area contributed by atoms with E-state index in [0.29, 0.717) is 17.9 Å². The maximum absolute atomic E-state index is 12.7. The molecule has 1 aromatic rings. The van der Waals surface area contributed by atoms with Crippen molar-refractivity contribution in [3.63, 3.8) is 0 Å². The largest absolute Gasteiger partial charge is 0.339 e. The molecule has 31 heavy (non-hydrogen) atoms. The molecule has 166 valence electrons. The number of hydrogen-bond acceptors (Lipinski definition) is 4. The summed E-state index contributed by atoms with van der Waals surface area (Å²) in [6, 6.07) is 8.75. The molecule has 2 heterocycles. The standard InChI is InChI=1S/C24H31BrN4O2/c1-16(24(31)26-22-15-21(27-28-22)20-8-9-20)17-4-6-18(7-5-17)19-10-13-29(14-11-19)23(30)3-2-12-25/h2-7,10,16,20-22,27-28H,8-9,11-15H2,1H3,(H,26,31)/b3-2+/t16-,21?,22?/m0/s1. The molecule has 0 radical (unpaired) electrons. The highest BCUT2D eigenvalue weighted by Gasteiger charge is 2.37. The van der Waals surface area contributed by atoms with Crippen molar-refractivity contribution in [1.29, 1.82) is 0 Å². The van der Waals surface area contributed by atoms with Gasteiger partial charge < -0.3 is 10.2 Å². The van der Waals surface area contributed by atoms with Gasteiger partial charge >= 0.3 is 0 Å². The molecular weight excluding hydrogens is 456 g/mol. The van der Waals surface area contributed by atoms with Crippen LogP contribution in [0.1, 0.15) is 49.7 Å². The van der Waals surface area contributed by atoms with E-state index in [1.165, 1.54) is 18.4 Å². The summed E-state index contributed by atoms with van der Waals surface area (Å²) in [6.07, 6.45) is 9.95. The predicted octanol–water partition coefficient (Wildman–Crippen LogP) is 3.08. The van der Waals surface area contributed by atoms with Gasteiger partial charge in [-0.25, -0.2) is 5.43 Å². The van der Waals surface area contributed by atoms with Gasteiger partial charge in [-0.3, -0.25) is 15.0 Å². The van der Waals surface area contributed by atoms with Crippen LogP contribution in [0.5, 0.6) is 0 Å². The van der Waals surface area contributed by atoms with Crippen LogP contribution in [-0.4, -0.2) is 47.3 Å². The Morgan fingerprint density at radius 2 is 2.03 bits per heavy atom. The van der Waals surface area contributed by atoms with Crippen LogP contribution in [0.15, 0.2) is 42.5 Å². The molecule has 3 atom stereocenters. The Morgan fingerprint density at radius 3 is 2.68 bits per heavy atom. The van der Waals surface area contributed by atoms with Crippen molar-refractivity contribution in [2.24, 2.45) is 5.92 Å². The van der Waals surface area contributed by atoms with Gasteiger partial charge in [0.15, 0.2) is 0 Å². The first kappa shape index (κ1) is 22.2. The van der Waals surface area contributed by atoms with Gasteiger partial charge in [0.2, 0.25) is 11.8 Å². The molecule has 2 aliphatic heterocycles. The van der Waals surface area contributed by atoms with Crippen LogP contribution in [0.25, 0.3) is 5.57 Å². The second kappa shape index (κ2) is 10.1. The van der Waals surface area contributed by atoms with E-state index < -0.39 is 0 Å². The summed E-state index contributed by atoms with van der Waals surface area (Å²) in [4.78, 5) is 26.7. The first-order valence-electron chi connectivity index (χ1n) is 11.2. The number of hydrazine groups is 1. The van der Waals surface area contributed by atoms with Gasteiger partial charge in [0.25, 0.3) is 0 Å². The fraction of sp³-hybridized carbons (Fsp3) is 0.500. The van der Waals surface area contributed by atoms with Crippen LogP contribution < -0.4 is 16.2 Å². The Morgan fingerprint density at radius 1 is 1.26 bits per heavy atom. The van der Waals surface area contributed by atoms with Gasteiger partial charge in [-0.1, -0.05) is 52.3 Å². The fourth-order valence-corrected chi connectivity index (χ4v) is 4.49. The first-order chi connectivity index (χ1) is 15.0. The molecule has 7 heteroatoms. The molecule has 2 amide bonds. The fourth-order valence-electron chi connectivity index (χ4n) is 4.30. The quantitative estimate of drug-likeness (QED) is 0.409. The number of nitrogens with one attached hydrogen (secondary N) is 3. The summed E-state index contributed by atoms with van der Waals surface area (Å²) in [7, 11) is 0. The van der Waals surface area contributed by atoms with Crippen LogP contribution in [-0.2, 0) is 9.59 Å². The summed E-state index contributed by atoms with van der Waals surface area (Å²) < 4.78 is 0. The molecular formula is C24H31BrN4O2.